The van der Waals surface area contributed by atoms with E-state index in [1.165, 1.54) is 186 Å². The number of carbonyl (C=O) groups is 2. The van der Waals surface area contributed by atoms with Crippen LogP contribution in [0.1, 0.15) is 303 Å². The zero-order valence-electron chi connectivity index (χ0n) is 51.5. The Morgan fingerprint density at radius 3 is 1.22 bits per heavy atom. The lowest BCUT2D eigenvalue weighted by Crippen LogP contribution is -2.47. The lowest BCUT2D eigenvalue weighted by molar-refractivity contribution is -0.870. The highest BCUT2D eigenvalue weighted by Gasteiger charge is 2.30. The predicted molar refractivity (Wildman–Crippen MR) is 332 cm³/mol. The number of hydrogen-bond donors (Lipinski definition) is 2. The van der Waals surface area contributed by atoms with Gasteiger partial charge in [-0.2, -0.15) is 0 Å². The fraction of sp³-hybridized carbons (Fsp3) is 0.821. The molecule has 0 saturated carbocycles. The third kappa shape index (κ3) is 58.2. The van der Waals surface area contributed by atoms with Crippen molar-refractivity contribution in [2.24, 2.45) is 0 Å². The van der Waals surface area contributed by atoms with Crippen LogP contribution < -0.4 is 5.32 Å². The average molecular weight is 1100 g/mol. The Morgan fingerprint density at radius 2 is 0.792 bits per heavy atom. The molecule has 3 unspecified atom stereocenters. The maximum absolute atomic E-state index is 13.6. The van der Waals surface area contributed by atoms with Crippen LogP contribution in [0.15, 0.2) is 60.8 Å². The highest BCUT2D eigenvalue weighted by molar-refractivity contribution is 7.47. The molecular formula is C67H126N2O7P+. The molecule has 0 saturated heterocycles. The van der Waals surface area contributed by atoms with E-state index in [1.807, 2.05) is 33.3 Å². The topological polar surface area (TPSA) is 111 Å². The van der Waals surface area contributed by atoms with Crippen LogP contribution in [0.4, 0.5) is 0 Å². The number of nitrogens with one attached hydrogen (secondary N) is 1. The maximum atomic E-state index is 13.6. The molecule has 0 aliphatic rings. The summed E-state index contributed by atoms with van der Waals surface area (Å²) < 4.78 is 30.7. The number of unbranched alkanes of at least 4 members (excludes halogenated alkanes) is 35. The number of nitrogens with zero attached hydrogens (tertiary/aromatic N) is 1. The number of phosphoric acid groups is 1. The normalized spacial score (nSPS) is 14.0. The fourth-order valence-corrected chi connectivity index (χ4v) is 10.1. The summed E-state index contributed by atoms with van der Waals surface area (Å²) in [5, 5.41) is 3.06. The molecule has 0 aromatic rings. The molecule has 1 amide bonds. The van der Waals surface area contributed by atoms with Gasteiger partial charge in [-0.3, -0.25) is 18.6 Å². The summed E-state index contributed by atoms with van der Waals surface area (Å²) in [6, 6.07) is -0.854. The summed E-state index contributed by atoms with van der Waals surface area (Å²) in [5.74, 6) is -0.509. The van der Waals surface area contributed by atoms with Gasteiger partial charge in [0.25, 0.3) is 0 Å². The summed E-state index contributed by atoms with van der Waals surface area (Å²) in [5.41, 5.74) is 0. The maximum Gasteiger partial charge on any atom is 0.472 e. The first-order valence-electron chi connectivity index (χ1n) is 32.6. The minimum atomic E-state index is -4.45. The third-order valence-electron chi connectivity index (χ3n) is 14.4. The molecule has 0 radical (unpaired) electrons. The van der Waals surface area contributed by atoms with Crippen LogP contribution in [0.3, 0.4) is 0 Å². The van der Waals surface area contributed by atoms with Crippen LogP contribution in [-0.4, -0.2) is 74.3 Å². The zero-order chi connectivity index (χ0) is 56.4. The molecule has 3 atom stereocenters. The molecule has 9 nitrogen and oxygen atoms in total. The molecule has 0 heterocycles. The smallest absolute Gasteiger partial charge is 0.456 e. The van der Waals surface area contributed by atoms with Crippen LogP contribution in [0, 0.1) is 0 Å². The minimum Gasteiger partial charge on any atom is -0.456 e. The molecule has 10 heteroatoms. The molecule has 77 heavy (non-hydrogen) atoms. The van der Waals surface area contributed by atoms with Crippen LogP contribution >= 0.6 is 7.82 Å². The second-order valence-electron chi connectivity index (χ2n) is 23.3. The van der Waals surface area contributed by atoms with Crippen LogP contribution in [-0.2, 0) is 27.9 Å². The third-order valence-corrected chi connectivity index (χ3v) is 15.4. The highest BCUT2D eigenvalue weighted by Crippen LogP contribution is 2.43. The quantitative estimate of drug-likeness (QED) is 0.0205. The van der Waals surface area contributed by atoms with Crippen molar-refractivity contribution in [2.45, 2.75) is 315 Å². The summed E-state index contributed by atoms with van der Waals surface area (Å²) >= 11 is 0. The first kappa shape index (κ1) is 74.7. The van der Waals surface area contributed by atoms with E-state index in [9.17, 15) is 19.0 Å². The molecule has 0 aliphatic heterocycles. The first-order chi connectivity index (χ1) is 37.4. The van der Waals surface area contributed by atoms with Gasteiger partial charge in [0.05, 0.1) is 33.8 Å². The second kappa shape index (κ2) is 57.0. The van der Waals surface area contributed by atoms with Crippen molar-refractivity contribution in [3.8, 4) is 0 Å². The number of ether oxygens (including phenoxy) is 1. The van der Waals surface area contributed by atoms with Gasteiger partial charge in [0.2, 0.25) is 5.91 Å². The van der Waals surface area contributed by atoms with Crippen molar-refractivity contribution in [1.82, 2.24) is 5.32 Å². The van der Waals surface area contributed by atoms with E-state index >= 15 is 0 Å². The SMILES string of the molecule is CCCCC/C=C\C/C=C\C/C=C\CCCCCCCCCCC(=O)NC(COP(=O)(O)OCC[N+](C)(C)C)C(/C=C/CCCCCCCCCCC)OC(=O)CCCCCCCCCCC/C=C/CCCCCCCC. The standard InChI is InChI=1S/C67H125N2O7P/c1-7-10-13-16-19-22-25-27-29-31-33-34-36-37-39-41-44-47-50-53-56-59-66(70)68-64(63-75-77(72,73)74-62-61-69(4,5)6)65(58-55-52-49-46-43-24-21-18-15-12-9-3)76-67(71)60-57-54-51-48-45-42-40-38-35-32-30-28-26-23-20-17-14-11-8-2/h19,22,27-30,33-34,55,58,64-65H,7-18,20-21,23-26,31-32,35-54,56-57,59-63H2,1-6H3,(H-,68,70,72,73)/p+1/b22-19-,29-27-,30-28+,34-33-,58-55+. The van der Waals surface area contributed by atoms with Gasteiger partial charge in [-0.1, -0.05) is 255 Å². The van der Waals surface area contributed by atoms with E-state index in [4.69, 9.17) is 13.8 Å². The Balaban J connectivity index is 5.17. The van der Waals surface area contributed by atoms with Crippen molar-refractivity contribution in [3.63, 3.8) is 0 Å². The van der Waals surface area contributed by atoms with E-state index in [-0.39, 0.29) is 31.5 Å². The molecule has 0 aliphatic carbocycles. The fourth-order valence-electron chi connectivity index (χ4n) is 9.35. The monoisotopic (exact) mass is 1100 g/mol. The van der Waals surface area contributed by atoms with Crippen LogP contribution in [0.2, 0.25) is 0 Å². The van der Waals surface area contributed by atoms with Gasteiger partial charge in [0.1, 0.15) is 19.3 Å². The van der Waals surface area contributed by atoms with Gasteiger partial charge in [-0.25, -0.2) is 4.57 Å². The van der Waals surface area contributed by atoms with Gasteiger partial charge >= 0.3 is 13.8 Å². The van der Waals surface area contributed by atoms with E-state index in [0.717, 1.165) is 83.5 Å². The summed E-state index contributed by atoms with van der Waals surface area (Å²) in [7, 11) is 1.49. The molecule has 0 bridgehead atoms. The number of rotatable bonds is 59. The number of esters is 1. The van der Waals surface area contributed by atoms with E-state index < -0.39 is 20.0 Å². The van der Waals surface area contributed by atoms with E-state index in [2.05, 4.69) is 74.7 Å². The Labute approximate surface area is 477 Å². The zero-order valence-corrected chi connectivity index (χ0v) is 52.3. The van der Waals surface area contributed by atoms with Gasteiger partial charge < -0.3 is 19.4 Å². The van der Waals surface area contributed by atoms with Crippen LogP contribution in [0.25, 0.3) is 0 Å². The Morgan fingerprint density at radius 1 is 0.455 bits per heavy atom. The molecule has 2 N–H and O–H groups in total. The first-order valence-corrected chi connectivity index (χ1v) is 34.1. The number of carbonyl (C=O) groups excluding carboxylic acids is 2. The Hall–Kier alpha value is -2.29. The molecule has 0 spiro atoms. The lowest BCUT2D eigenvalue weighted by Gasteiger charge is -2.27. The van der Waals surface area contributed by atoms with Gasteiger partial charge in [0.15, 0.2) is 0 Å². The predicted octanol–water partition coefficient (Wildman–Crippen LogP) is 20.2. The number of amides is 1. The second-order valence-corrected chi connectivity index (χ2v) is 24.7. The molecule has 450 valence electrons. The van der Waals surface area contributed by atoms with Gasteiger partial charge in [0, 0.05) is 12.8 Å². The number of quaternary nitrogens is 1. The average Bonchev–Trinajstić information content (AvgIpc) is 3.39. The van der Waals surface area contributed by atoms with Crippen LogP contribution in [0.5, 0.6) is 0 Å². The number of allylic oxidation sites excluding steroid dienone is 9. The van der Waals surface area contributed by atoms with Gasteiger partial charge in [-0.05, 0) is 96.0 Å². The van der Waals surface area contributed by atoms with Crippen molar-refractivity contribution >= 4 is 19.7 Å². The number of phosphoric ester groups is 1. The molecule has 0 rings (SSSR count). The van der Waals surface area contributed by atoms with Crippen molar-refractivity contribution in [3.05, 3.63) is 60.8 Å². The van der Waals surface area contributed by atoms with Gasteiger partial charge in [-0.15, -0.1) is 0 Å². The van der Waals surface area contributed by atoms with Crippen molar-refractivity contribution in [1.29, 1.82) is 0 Å². The highest BCUT2D eigenvalue weighted by atomic mass is 31.2. The van der Waals surface area contributed by atoms with Crippen molar-refractivity contribution < 1.29 is 37.3 Å². The minimum absolute atomic E-state index is 0.0376. The largest absolute Gasteiger partial charge is 0.472 e. The van der Waals surface area contributed by atoms with E-state index in [0.29, 0.717) is 17.4 Å². The lowest BCUT2D eigenvalue weighted by atomic mass is 10.0. The molecular weight excluding hydrogens is 976 g/mol. The number of likely N-dealkylation sites (N-methyl/N-ethyl adjacent to an activating group) is 1. The molecule has 0 aromatic carbocycles. The number of hydrogen-bond acceptors (Lipinski definition) is 6. The Kier molecular flexibility index (Phi) is 55.3. The van der Waals surface area contributed by atoms with E-state index in [1.54, 1.807) is 0 Å². The summed E-state index contributed by atoms with van der Waals surface area (Å²) in [6.07, 6.45) is 72.1. The van der Waals surface area contributed by atoms with Crippen molar-refractivity contribution in [2.75, 3.05) is 40.9 Å². The summed E-state index contributed by atoms with van der Waals surface area (Å²) in [4.78, 5) is 37.8. The molecule has 0 fully saturated rings. The summed E-state index contributed by atoms with van der Waals surface area (Å²) in [6.45, 7) is 6.99. The Bertz CT molecular complexity index is 1500. The molecule has 0 aromatic heterocycles.